The molecule has 2 rings (SSSR count). The van der Waals surface area contributed by atoms with E-state index in [2.05, 4.69) is 15.9 Å². The fourth-order valence-corrected chi connectivity index (χ4v) is 2.55. The largest absolute Gasteiger partial charge is 0.327 e. The van der Waals surface area contributed by atoms with Gasteiger partial charge < -0.3 is 14.2 Å². The molecule has 3 nitrogen and oxygen atoms in total. The number of hydrogen-bond acceptors (Lipinski definition) is 3. The van der Waals surface area contributed by atoms with Crippen molar-refractivity contribution < 1.29 is 14.2 Å². The zero-order valence-electron chi connectivity index (χ0n) is 9.04. The Hall–Kier alpha value is 0.360. The van der Waals surface area contributed by atoms with Gasteiger partial charge in [0.1, 0.15) is 0 Å². The first kappa shape index (κ1) is 11.8. The van der Waals surface area contributed by atoms with Gasteiger partial charge in [0, 0.05) is 11.8 Å². The Morgan fingerprint density at radius 2 is 2.07 bits per heavy atom. The molecule has 4 heteroatoms. The first-order valence-corrected chi connectivity index (χ1v) is 6.98. The number of alkyl halides is 1. The molecule has 2 saturated heterocycles. The Morgan fingerprint density at radius 1 is 1.20 bits per heavy atom. The first-order chi connectivity index (χ1) is 7.35. The maximum absolute atomic E-state index is 5.92. The quantitative estimate of drug-likeness (QED) is 0.585. The van der Waals surface area contributed by atoms with Crippen LogP contribution < -0.4 is 0 Å². The molecule has 0 N–H and O–H groups in total. The third kappa shape index (κ3) is 3.16. The second-order valence-electron chi connectivity index (χ2n) is 4.20. The van der Waals surface area contributed by atoms with Gasteiger partial charge in [0.25, 0.3) is 5.97 Å². The summed E-state index contributed by atoms with van der Waals surface area (Å²) < 4.78 is 17.1. The monoisotopic (exact) mass is 278 g/mol. The van der Waals surface area contributed by atoms with Crippen molar-refractivity contribution in [2.75, 3.05) is 18.5 Å². The maximum Gasteiger partial charge on any atom is 0.283 e. The Labute approximate surface area is 99.6 Å². The van der Waals surface area contributed by atoms with E-state index >= 15 is 0 Å². The lowest BCUT2D eigenvalue weighted by molar-refractivity contribution is -0.398. The Balaban J connectivity index is 1.76. The fourth-order valence-electron chi connectivity index (χ4n) is 2.16. The van der Waals surface area contributed by atoms with E-state index in [4.69, 9.17) is 14.2 Å². The minimum absolute atomic E-state index is 0.330. The predicted octanol–water partition coefficient (Wildman–Crippen LogP) is 2.82. The van der Waals surface area contributed by atoms with Gasteiger partial charge in [0.05, 0.1) is 19.3 Å². The molecule has 0 bridgehead atoms. The number of rotatable bonds is 4. The summed E-state index contributed by atoms with van der Waals surface area (Å²) in [5, 5.41) is 1.08. The third-order valence-corrected chi connectivity index (χ3v) is 3.53. The molecule has 0 aromatic heterocycles. The average molecular weight is 279 g/mol. The zero-order valence-corrected chi connectivity index (χ0v) is 10.6. The van der Waals surface area contributed by atoms with E-state index in [1.165, 1.54) is 12.8 Å². The van der Waals surface area contributed by atoms with Gasteiger partial charge in [-0.2, -0.15) is 0 Å². The highest BCUT2D eigenvalue weighted by molar-refractivity contribution is 9.09. The van der Waals surface area contributed by atoms with Gasteiger partial charge >= 0.3 is 0 Å². The van der Waals surface area contributed by atoms with Crippen LogP contribution in [0.1, 0.15) is 38.5 Å². The molecule has 88 valence electrons. The van der Waals surface area contributed by atoms with E-state index in [0.29, 0.717) is 6.10 Å². The lowest BCUT2D eigenvalue weighted by Crippen LogP contribution is -2.44. The fraction of sp³-hybridized carbons (Fsp3) is 1.00. The molecule has 0 saturated carbocycles. The second kappa shape index (κ2) is 5.62. The van der Waals surface area contributed by atoms with Crippen LogP contribution in [-0.4, -0.2) is 30.6 Å². The van der Waals surface area contributed by atoms with Gasteiger partial charge in [-0.1, -0.05) is 22.4 Å². The summed E-state index contributed by atoms with van der Waals surface area (Å²) in [6.07, 6.45) is 6.83. The molecule has 0 aromatic rings. The molecule has 2 aliphatic heterocycles. The molecule has 2 fully saturated rings. The molecule has 2 aliphatic rings. The molecule has 0 aliphatic carbocycles. The van der Waals surface area contributed by atoms with Crippen LogP contribution in [0.4, 0.5) is 0 Å². The van der Waals surface area contributed by atoms with Crippen molar-refractivity contribution in [1.29, 1.82) is 0 Å². The highest BCUT2D eigenvalue weighted by atomic mass is 79.9. The van der Waals surface area contributed by atoms with Crippen molar-refractivity contribution in [1.82, 2.24) is 0 Å². The van der Waals surface area contributed by atoms with E-state index in [1.54, 1.807) is 0 Å². The van der Waals surface area contributed by atoms with E-state index in [-0.39, 0.29) is 0 Å². The normalized spacial score (nSPS) is 36.2. The summed E-state index contributed by atoms with van der Waals surface area (Å²) in [4.78, 5) is 0. The van der Waals surface area contributed by atoms with Crippen molar-refractivity contribution in [3.05, 3.63) is 0 Å². The molecule has 2 unspecified atom stereocenters. The summed E-state index contributed by atoms with van der Waals surface area (Å²) in [7, 11) is 0. The van der Waals surface area contributed by atoms with Crippen molar-refractivity contribution in [3.8, 4) is 0 Å². The summed E-state index contributed by atoms with van der Waals surface area (Å²) >= 11 is 3.44. The molecule has 15 heavy (non-hydrogen) atoms. The van der Waals surface area contributed by atoms with Crippen molar-refractivity contribution >= 4 is 15.9 Å². The second-order valence-corrected chi connectivity index (χ2v) is 4.99. The molecule has 0 amide bonds. The van der Waals surface area contributed by atoms with Gasteiger partial charge in [0.2, 0.25) is 0 Å². The average Bonchev–Trinajstić information content (AvgIpc) is 2.67. The summed E-state index contributed by atoms with van der Waals surface area (Å²) in [6, 6.07) is 0. The summed E-state index contributed by atoms with van der Waals surface area (Å²) in [6.45, 7) is 1.55. The van der Waals surface area contributed by atoms with E-state index in [0.717, 1.165) is 44.2 Å². The molecular weight excluding hydrogens is 260 g/mol. The molecule has 2 atom stereocenters. The Kier molecular flexibility index (Phi) is 4.43. The molecule has 0 radical (unpaired) electrons. The van der Waals surface area contributed by atoms with Gasteiger partial charge in [0.15, 0.2) is 0 Å². The number of halogens is 1. The summed E-state index contributed by atoms with van der Waals surface area (Å²) in [5.41, 5.74) is 0. The van der Waals surface area contributed by atoms with Gasteiger partial charge in [-0.15, -0.1) is 0 Å². The van der Waals surface area contributed by atoms with Crippen LogP contribution >= 0.6 is 15.9 Å². The highest BCUT2D eigenvalue weighted by Crippen LogP contribution is 2.34. The minimum atomic E-state index is -0.669. The van der Waals surface area contributed by atoms with Crippen LogP contribution in [-0.2, 0) is 14.2 Å². The summed E-state index contributed by atoms with van der Waals surface area (Å²) in [5.74, 6) is -0.669. The van der Waals surface area contributed by atoms with Crippen LogP contribution in [0.3, 0.4) is 0 Å². The van der Waals surface area contributed by atoms with Gasteiger partial charge in [-0.05, 0) is 25.7 Å². The van der Waals surface area contributed by atoms with E-state index < -0.39 is 5.97 Å². The third-order valence-electron chi connectivity index (χ3n) is 2.97. The van der Waals surface area contributed by atoms with Crippen molar-refractivity contribution in [3.63, 3.8) is 0 Å². The zero-order chi connectivity index (χ0) is 10.6. The van der Waals surface area contributed by atoms with Crippen LogP contribution in [0.15, 0.2) is 0 Å². The Morgan fingerprint density at radius 3 is 2.80 bits per heavy atom. The van der Waals surface area contributed by atoms with Gasteiger partial charge in [-0.25, -0.2) is 0 Å². The van der Waals surface area contributed by atoms with E-state index in [1.807, 2.05) is 0 Å². The lowest BCUT2D eigenvalue weighted by atomic mass is 10.1. The maximum atomic E-state index is 5.92. The molecule has 1 spiro atoms. The lowest BCUT2D eigenvalue weighted by Gasteiger charge is -2.37. The predicted molar refractivity (Wildman–Crippen MR) is 61.0 cm³/mol. The Bertz CT molecular complexity index is 192. The highest BCUT2D eigenvalue weighted by Gasteiger charge is 2.42. The van der Waals surface area contributed by atoms with Gasteiger partial charge in [-0.3, -0.25) is 0 Å². The number of unbranched alkanes of at least 4 members (excludes halogenated alkanes) is 1. The number of hydrogen-bond donors (Lipinski definition) is 0. The van der Waals surface area contributed by atoms with Crippen LogP contribution in [0, 0.1) is 0 Å². The van der Waals surface area contributed by atoms with Crippen molar-refractivity contribution in [2.45, 2.75) is 50.6 Å². The first-order valence-electron chi connectivity index (χ1n) is 5.86. The smallest absolute Gasteiger partial charge is 0.283 e. The molecule has 2 heterocycles. The number of ether oxygens (including phenoxy) is 3. The van der Waals surface area contributed by atoms with Crippen LogP contribution in [0.5, 0.6) is 0 Å². The van der Waals surface area contributed by atoms with E-state index in [9.17, 15) is 0 Å². The van der Waals surface area contributed by atoms with Crippen LogP contribution in [0.25, 0.3) is 0 Å². The standard InChI is InChI=1S/C11H19BrO3/c12-7-2-1-4-10-5-9-14-11(15-10)6-3-8-13-11/h10H,1-9H2. The molecule has 0 aromatic carbocycles. The SMILES string of the molecule is BrCCCCC1CCOC2(CCCO2)O1. The minimum Gasteiger partial charge on any atom is -0.327 e. The topological polar surface area (TPSA) is 27.7 Å². The van der Waals surface area contributed by atoms with Crippen molar-refractivity contribution in [2.24, 2.45) is 0 Å². The molecular formula is C11H19BrO3. The van der Waals surface area contributed by atoms with Crippen LogP contribution in [0.2, 0.25) is 0 Å².